The Morgan fingerprint density at radius 2 is 1.81 bits per heavy atom. The summed E-state index contributed by atoms with van der Waals surface area (Å²) < 4.78 is 2.31. The molecule has 27 heavy (non-hydrogen) atoms. The van der Waals surface area contributed by atoms with Gasteiger partial charge in [0.1, 0.15) is 5.65 Å². The molecule has 1 aliphatic heterocycles. The molecule has 4 heteroatoms. The molecule has 2 aliphatic rings. The Balaban J connectivity index is 1.58. The zero-order valence-corrected chi connectivity index (χ0v) is 16.2. The third-order valence-electron chi connectivity index (χ3n) is 6.14. The highest BCUT2D eigenvalue weighted by molar-refractivity contribution is 5.69. The molecule has 0 saturated carbocycles. The average Bonchev–Trinajstić information content (AvgIpc) is 3.12. The molecule has 3 heterocycles. The second kappa shape index (κ2) is 7.01. The number of hydrogen-bond acceptors (Lipinski definition) is 3. The summed E-state index contributed by atoms with van der Waals surface area (Å²) in [7, 11) is 0. The number of piperazine rings is 1. The molecule has 0 bridgehead atoms. The van der Waals surface area contributed by atoms with Gasteiger partial charge in [-0.15, -0.1) is 0 Å². The number of aromatic nitrogens is 2. The van der Waals surface area contributed by atoms with Crippen molar-refractivity contribution < 1.29 is 0 Å². The monoisotopic (exact) mass is 360 g/mol. The number of aryl methyl sites for hydroxylation is 3. The van der Waals surface area contributed by atoms with Crippen LogP contribution in [0.25, 0.3) is 16.9 Å². The Bertz CT molecular complexity index is 966. The number of pyridine rings is 1. The zero-order valence-electron chi connectivity index (χ0n) is 16.2. The van der Waals surface area contributed by atoms with Gasteiger partial charge >= 0.3 is 0 Å². The van der Waals surface area contributed by atoms with Gasteiger partial charge in [-0.05, 0) is 61.4 Å². The molecule has 1 fully saturated rings. The molecular weight excluding hydrogens is 332 g/mol. The number of nitrogens with zero attached hydrogens (tertiary/aromatic N) is 3. The highest BCUT2D eigenvalue weighted by Crippen LogP contribution is 2.31. The van der Waals surface area contributed by atoms with Crippen LogP contribution in [0.3, 0.4) is 0 Å². The van der Waals surface area contributed by atoms with Gasteiger partial charge in [0, 0.05) is 37.9 Å². The fourth-order valence-electron chi connectivity index (χ4n) is 4.64. The number of fused-ring (bicyclic) bond motifs is 2. The summed E-state index contributed by atoms with van der Waals surface area (Å²) in [6.07, 6.45) is 8.36. The van der Waals surface area contributed by atoms with Crippen molar-refractivity contribution in [3.63, 3.8) is 0 Å². The van der Waals surface area contributed by atoms with E-state index < -0.39 is 0 Å². The van der Waals surface area contributed by atoms with Crippen LogP contribution in [0.2, 0.25) is 0 Å². The Morgan fingerprint density at radius 3 is 2.63 bits per heavy atom. The van der Waals surface area contributed by atoms with Crippen molar-refractivity contribution in [3.8, 4) is 11.3 Å². The first-order valence-electron chi connectivity index (χ1n) is 10.4. The molecule has 1 aliphatic carbocycles. The lowest BCUT2D eigenvalue weighted by molar-refractivity contribution is 0.588. The van der Waals surface area contributed by atoms with E-state index in [9.17, 15) is 0 Å². The second-order valence-electron chi connectivity index (χ2n) is 7.80. The van der Waals surface area contributed by atoms with Crippen LogP contribution in [-0.2, 0) is 19.3 Å². The topological polar surface area (TPSA) is 32.6 Å². The summed E-state index contributed by atoms with van der Waals surface area (Å²) in [5.74, 6) is 0. The van der Waals surface area contributed by atoms with Crippen LogP contribution in [0.15, 0.2) is 36.5 Å². The first-order valence-corrected chi connectivity index (χ1v) is 10.4. The van der Waals surface area contributed by atoms with Crippen LogP contribution in [0.4, 0.5) is 5.69 Å². The predicted octanol–water partition coefficient (Wildman–Crippen LogP) is 3.85. The molecule has 140 valence electrons. The highest BCUT2D eigenvalue weighted by Gasteiger charge is 2.17. The van der Waals surface area contributed by atoms with Gasteiger partial charge in [-0.1, -0.05) is 19.1 Å². The summed E-state index contributed by atoms with van der Waals surface area (Å²) >= 11 is 0. The van der Waals surface area contributed by atoms with Crippen LogP contribution in [0, 0.1) is 0 Å². The molecule has 3 aromatic rings. The molecule has 0 radical (unpaired) electrons. The Kier molecular flexibility index (Phi) is 4.36. The van der Waals surface area contributed by atoms with Crippen molar-refractivity contribution in [2.75, 3.05) is 31.1 Å². The average molecular weight is 361 g/mol. The van der Waals surface area contributed by atoms with Gasteiger partial charge in [0.05, 0.1) is 17.1 Å². The summed E-state index contributed by atoms with van der Waals surface area (Å²) in [5.41, 5.74) is 9.17. The van der Waals surface area contributed by atoms with E-state index in [-0.39, 0.29) is 0 Å². The number of benzene rings is 1. The largest absolute Gasteiger partial charge is 0.368 e. The molecule has 5 rings (SSSR count). The van der Waals surface area contributed by atoms with Crippen molar-refractivity contribution in [2.45, 2.75) is 39.0 Å². The first-order chi connectivity index (χ1) is 13.3. The Morgan fingerprint density at radius 1 is 1.00 bits per heavy atom. The predicted molar refractivity (Wildman–Crippen MR) is 112 cm³/mol. The van der Waals surface area contributed by atoms with E-state index in [1.807, 2.05) is 0 Å². The maximum Gasteiger partial charge on any atom is 0.137 e. The molecular formula is C23H28N4. The molecule has 0 amide bonds. The molecule has 0 unspecified atom stereocenters. The first kappa shape index (κ1) is 16.8. The minimum Gasteiger partial charge on any atom is -0.368 e. The molecule has 1 saturated heterocycles. The SMILES string of the molecule is CCc1c(-c2ccc3c(c2)CCCC3)nc2ccc(N3CCNCC3)cn12. The molecule has 4 nitrogen and oxygen atoms in total. The van der Waals surface area contributed by atoms with E-state index in [0.717, 1.165) is 43.9 Å². The summed E-state index contributed by atoms with van der Waals surface area (Å²) in [6.45, 7) is 6.49. The minimum absolute atomic E-state index is 0.985. The van der Waals surface area contributed by atoms with Crippen molar-refractivity contribution in [1.82, 2.24) is 14.7 Å². The van der Waals surface area contributed by atoms with Crippen molar-refractivity contribution in [3.05, 3.63) is 53.3 Å². The summed E-state index contributed by atoms with van der Waals surface area (Å²) in [6, 6.07) is 11.4. The molecule has 1 N–H and O–H groups in total. The lowest BCUT2D eigenvalue weighted by Crippen LogP contribution is -2.43. The van der Waals surface area contributed by atoms with Gasteiger partial charge < -0.3 is 14.6 Å². The smallest absolute Gasteiger partial charge is 0.137 e. The van der Waals surface area contributed by atoms with Gasteiger partial charge in [0.15, 0.2) is 0 Å². The standard InChI is InChI=1S/C23H28N4/c1-2-21-23(19-8-7-17-5-3-4-6-18(17)15-19)25-22-10-9-20(16-27(21)22)26-13-11-24-12-14-26/h7-10,15-16,24H,2-6,11-14H2,1H3. The van der Waals surface area contributed by atoms with Crippen molar-refractivity contribution >= 4 is 11.3 Å². The third-order valence-corrected chi connectivity index (χ3v) is 6.14. The van der Waals surface area contributed by atoms with E-state index in [4.69, 9.17) is 4.98 Å². The lowest BCUT2D eigenvalue weighted by atomic mass is 9.89. The Hall–Kier alpha value is -2.33. The van der Waals surface area contributed by atoms with Crippen molar-refractivity contribution in [1.29, 1.82) is 0 Å². The van der Waals surface area contributed by atoms with Gasteiger partial charge in [-0.3, -0.25) is 0 Å². The number of imidazole rings is 1. The van der Waals surface area contributed by atoms with E-state index in [1.165, 1.54) is 53.8 Å². The van der Waals surface area contributed by atoms with E-state index in [2.05, 4.69) is 58.1 Å². The van der Waals surface area contributed by atoms with Gasteiger partial charge in [0.25, 0.3) is 0 Å². The quantitative estimate of drug-likeness (QED) is 0.770. The fourth-order valence-corrected chi connectivity index (χ4v) is 4.64. The number of nitrogens with one attached hydrogen (secondary N) is 1. The molecule has 0 spiro atoms. The van der Waals surface area contributed by atoms with Gasteiger partial charge in [0.2, 0.25) is 0 Å². The third kappa shape index (κ3) is 3.02. The van der Waals surface area contributed by atoms with Gasteiger partial charge in [-0.2, -0.15) is 0 Å². The molecule has 2 aromatic heterocycles. The summed E-state index contributed by atoms with van der Waals surface area (Å²) in [4.78, 5) is 7.49. The van der Waals surface area contributed by atoms with E-state index >= 15 is 0 Å². The van der Waals surface area contributed by atoms with E-state index in [1.54, 1.807) is 0 Å². The normalized spacial score (nSPS) is 17.3. The maximum absolute atomic E-state index is 5.02. The van der Waals surface area contributed by atoms with Crippen molar-refractivity contribution in [2.24, 2.45) is 0 Å². The second-order valence-corrected chi connectivity index (χ2v) is 7.80. The van der Waals surface area contributed by atoms with Crippen LogP contribution < -0.4 is 10.2 Å². The van der Waals surface area contributed by atoms with Crippen LogP contribution in [0.5, 0.6) is 0 Å². The number of anilines is 1. The molecule has 0 atom stereocenters. The highest BCUT2D eigenvalue weighted by atomic mass is 15.2. The van der Waals surface area contributed by atoms with E-state index in [0.29, 0.717) is 0 Å². The van der Waals surface area contributed by atoms with Crippen LogP contribution >= 0.6 is 0 Å². The number of hydrogen-bond donors (Lipinski definition) is 1. The van der Waals surface area contributed by atoms with Crippen LogP contribution in [-0.4, -0.2) is 35.6 Å². The zero-order chi connectivity index (χ0) is 18.2. The number of rotatable bonds is 3. The molecule has 1 aromatic carbocycles. The Labute approximate surface area is 161 Å². The van der Waals surface area contributed by atoms with Gasteiger partial charge in [-0.25, -0.2) is 4.98 Å². The maximum atomic E-state index is 5.02. The van der Waals surface area contributed by atoms with Crippen LogP contribution in [0.1, 0.15) is 36.6 Å². The minimum atomic E-state index is 0.985. The summed E-state index contributed by atoms with van der Waals surface area (Å²) in [5, 5.41) is 3.43. The lowest BCUT2D eigenvalue weighted by Gasteiger charge is -2.29. The fraction of sp³-hybridized carbons (Fsp3) is 0.435.